The lowest BCUT2D eigenvalue weighted by molar-refractivity contribution is -0.126. The normalized spacial score (nSPS) is 14.3. The van der Waals surface area contributed by atoms with E-state index in [0.29, 0.717) is 16.1 Å². The molecule has 1 aromatic carbocycles. The summed E-state index contributed by atoms with van der Waals surface area (Å²) in [5.41, 5.74) is 3.36. The van der Waals surface area contributed by atoms with Crippen LogP contribution in [0.15, 0.2) is 60.2 Å². The molecule has 0 unspecified atom stereocenters. The topological polar surface area (TPSA) is 91.4 Å². The molecule has 4 rings (SSSR count). The monoisotopic (exact) mass is 490 g/mol. The highest BCUT2D eigenvalue weighted by Crippen LogP contribution is 2.30. The van der Waals surface area contributed by atoms with Crippen LogP contribution in [0.5, 0.6) is 0 Å². The first-order valence-electron chi connectivity index (χ1n) is 11.9. The predicted molar refractivity (Wildman–Crippen MR) is 137 cm³/mol. The highest BCUT2D eigenvalue weighted by Gasteiger charge is 2.34. The smallest absolute Gasteiger partial charge is 0.261 e. The standard InChI is InChI=1S/C27H30N4O3S/c1-18-9-10-22(16-19(18)2)31(24(32)17-29-26(33)23-8-5-15-35-23)25(20-11-13-28-14-12-20)27(34)30-21-6-3-4-7-21/h5,8-16,21,25H,3-4,6-7,17H2,1-2H3,(H,29,33)(H,30,34)/t25-/m1/s1. The van der Waals surface area contributed by atoms with Crippen LogP contribution in [-0.4, -0.2) is 35.3 Å². The summed E-state index contributed by atoms with van der Waals surface area (Å²) in [7, 11) is 0. The largest absolute Gasteiger partial charge is 0.351 e. The molecule has 3 amide bonds. The van der Waals surface area contributed by atoms with Gasteiger partial charge in [0.2, 0.25) is 11.8 Å². The van der Waals surface area contributed by atoms with Crippen molar-refractivity contribution in [3.63, 3.8) is 0 Å². The number of hydrogen-bond donors (Lipinski definition) is 2. The van der Waals surface area contributed by atoms with Crippen molar-refractivity contribution in [3.05, 3.63) is 81.8 Å². The third kappa shape index (κ3) is 5.95. The first-order chi connectivity index (χ1) is 16.9. The fraction of sp³-hybridized carbons (Fsp3) is 0.333. The van der Waals surface area contributed by atoms with Gasteiger partial charge in [0.1, 0.15) is 6.04 Å². The first-order valence-corrected chi connectivity index (χ1v) is 12.7. The third-order valence-corrected chi connectivity index (χ3v) is 7.28. The molecule has 8 heteroatoms. The number of pyridine rings is 1. The summed E-state index contributed by atoms with van der Waals surface area (Å²) in [6, 6.07) is 11.9. The zero-order valence-corrected chi connectivity index (χ0v) is 20.8. The maximum Gasteiger partial charge on any atom is 0.261 e. The number of nitrogens with zero attached hydrogens (tertiary/aromatic N) is 2. The number of carbonyl (C=O) groups excluding carboxylic acids is 3. The Morgan fingerprint density at radius 2 is 1.80 bits per heavy atom. The lowest BCUT2D eigenvalue weighted by Gasteiger charge is -2.32. The van der Waals surface area contributed by atoms with Gasteiger partial charge in [-0.05, 0) is 79.1 Å². The van der Waals surface area contributed by atoms with Crippen molar-refractivity contribution in [1.82, 2.24) is 15.6 Å². The van der Waals surface area contributed by atoms with E-state index >= 15 is 0 Å². The van der Waals surface area contributed by atoms with Crippen LogP contribution >= 0.6 is 11.3 Å². The zero-order chi connectivity index (χ0) is 24.8. The summed E-state index contributed by atoms with van der Waals surface area (Å²) < 4.78 is 0. The van der Waals surface area contributed by atoms with Gasteiger partial charge in [0.25, 0.3) is 5.91 Å². The molecule has 2 heterocycles. The van der Waals surface area contributed by atoms with Crippen LogP contribution in [0.2, 0.25) is 0 Å². The van der Waals surface area contributed by atoms with E-state index in [-0.39, 0.29) is 30.3 Å². The van der Waals surface area contributed by atoms with Gasteiger partial charge in [-0.15, -0.1) is 11.3 Å². The number of anilines is 1. The van der Waals surface area contributed by atoms with Crippen molar-refractivity contribution in [1.29, 1.82) is 0 Å². The van der Waals surface area contributed by atoms with Gasteiger partial charge >= 0.3 is 0 Å². The lowest BCUT2D eigenvalue weighted by atomic mass is 10.0. The fourth-order valence-corrected chi connectivity index (χ4v) is 5.00. The summed E-state index contributed by atoms with van der Waals surface area (Å²) in [6.07, 6.45) is 7.27. The molecule has 7 nitrogen and oxygen atoms in total. The van der Waals surface area contributed by atoms with Crippen molar-refractivity contribution in [3.8, 4) is 0 Å². The number of rotatable bonds is 8. The van der Waals surface area contributed by atoms with Crippen LogP contribution in [0.25, 0.3) is 0 Å². The quantitative estimate of drug-likeness (QED) is 0.492. The molecular formula is C27H30N4O3S. The lowest BCUT2D eigenvalue weighted by Crippen LogP contribution is -2.49. The fourth-order valence-electron chi connectivity index (χ4n) is 4.36. The van der Waals surface area contributed by atoms with Gasteiger partial charge in [0.05, 0.1) is 11.4 Å². The van der Waals surface area contributed by atoms with Gasteiger partial charge in [0.15, 0.2) is 0 Å². The second-order valence-electron chi connectivity index (χ2n) is 8.87. The molecule has 1 saturated carbocycles. The average molecular weight is 491 g/mol. The summed E-state index contributed by atoms with van der Waals surface area (Å²) >= 11 is 1.31. The number of nitrogens with one attached hydrogen (secondary N) is 2. The number of hydrogen-bond acceptors (Lipinski definition) is 5. The Morgan fingerprint density at radius 3 is 2.46 bits per heavy atom. The van der Waals surface area contributed by atoms with Crippen LogP contribution in [0, 0.1) is 13.8 Å². The Labute approximate surface area is 209 Å². The Morgan fingerprint density at radius 1 is 1.06 bits per heavy atom. The van der Waals surface area contributed by atoms with E-state index in [0.717, 1.165) is 36.8 Å². The van der Waals surface area contributed by atoms with E-state index in [9.17, 15) is 14.4 Å². The summed E-state index contributed by atoms with van der Waals surface area (Å²) in [5.74, 6) is -0.926. The van der Waals surface area contributed by atoms with E-state index in [1.54, 1.807) is 36.7 Å². The maximum absolute atomic E-state index is 13.7. The van der Waals surface area contributed by atoms with Crippen molar-refractivity contribution in [2.45, 2.75) is 51.6 Å². The Bertz CT molecular complexity index is 1170. The Hall–Kier alpha value is -3.52. The van der Waals surface area contributed by atoms with Crippen LogP contribution in [0.3, 0.4) is 0 Å². The minimum Gasteiger partial charge on any atom is -0.351 e. The Kier molecular flexibility index (Phi) is 7.92. The molecule has 2 aromatic heterocycles. The summed E-state index contributed by atoms with van der Waals surface area (Å²) in [5, 5.41) is 7.68. The third-order valence-electron chi connectivity index (χ3n) is 6.41. The number of aromatic nitrogens is 1. The minimum absolute atomic E-state index is 0.0991. The average Bonchev–Trinajstić information content (AvgIpc) is 3.58. The second-order valence-corrected chi connectivity index (χ2v) is 9.81. The van der Waals surface area contributed by atoms with E-state index in [1.807, 2.05) is 37.4 Å². The van der Waals surface area contributed by atoms with Gasteiger partial charge in [-0.25, -0.2) is 0 Å². The number of amides is 3. The highest BCUT2D eigenvalue weighted by atomic mass is 32.1. The SMILES string of the molecule is Cc1ccc(N(C(=O)CNC(=O)c2cccs2)[C@@H](C(=O)NC2CCCC2)c2ccncc2)cc1C. The van der Waals surface area contributed by atoms with Gasteiger partial charge < -0.3 is 10.6 Å². The molecule has 0 radical (unpaired) electrons. The molecule has 0 saturated heterocycles. The van der Waals surface area contributed by atoms with Crippen molar-refractivity contribution >= 4 is 34.7 Å². The Balaban J connectivity index is 1.69. The van der Waals surface area contributed by atoms with E-state index in [1.165, 1.54) is 16.2 Å². The number of thiophene rings is 1. The number of benzene rings is 1. The van der Waals surface area contributed by atoms with Crippen molar-refractivity contribution in [2.24, 2.45) is 0 Å². The van der Waals surface area contributed by atoms with Crippen LogP contribution in [-0.2, 0) is 9.59 Å². The van der Waals surface area contributed by atoms with Gasteiger partial charge in [-0.1, -0.05) is 25.0 Å². The molecule has 182 valence electrons. The number of carbonyl (C=O) groups is 3. The molecule has 0 bridgehead atoms. The highest BCUT2D eigenvalue weighted by molar-refractivity contribution is 7.12. The predicted octanol–water partition coefficient (Wildman–Crippen LogP) is 4.32. The van der Waals surface area contributed by atoms with Crippen LogP contribution in [0.1, 0.15) is 58.1 Å². The molecule has 0 spiro atoms. The van der Waals surface area contributed by atoms with Crippen molar-refractivity contribution < 1.29 is 14.4 Å². The molecule has 35 heavy (non-hydrogen) atoms. The molecule has 1 atom stereocenters. The molecule has 1 aliphatic carbocycles. The number of aryl methyl sites for hydroxylation is 2. The summed E-state index contributed by atoms with van der Waals surface area (Å²) in [4.78, 5) is 46.0. The molecule has 0 aliphatic heterocycles. The molecule has 1 aliphatic rings. The molecule has 2 N–H and O–H groups in total. The second kappa shape index (κ2) is 11.3. The van der Waals surface area contributed by atoms with Crippen LogP contribution < -0.4 is 15.5 Å². The maximum atomic E-state index is 13.7. The molecular weight excluding hydrogens is 460 g/mol. The van der Waals surface area contributed by atoms with E-state index in [2.05, 4.69) is 15.6 Å². The summed E-state index contributed by atoms with van der Waals surface area (Å²) in [6.45, 7) is 3.74. The molecule has 1 fully saturated rings. The van der Waals surface area contributed by atoms with E-state index in [4.69, 9.17) is 0 Å². The van der Waals surface area contributed by atoms with Crippen molar-refractivity contribution in [2.75, 3.05) is 11.4 Å². The van der Waals surface area contributed by atoms with Gasteiger partial charge in [-0.2, -0.15) is 0 Å². The van der Waals surface area contributed by atoms with Crippen LogP contribution in [0.4, 0.5) is 5.69 Å². The minimum atomic E-state index is -0.896. The van der Waals surface area contributed by atoms with E-state index < -0.39 is 6.04 Å². The molecule has 3 aromatic rings. The van der Waals surface area contributed by atoms with Gasteiger partial charge in [0, 0.05) is 24.1 Å². The van der Waals surface area contributed by atoms with Gasteiger partial charge in [-0.3, -0.25) is 24.3 Å². The first kappa shape index (κ1) is 24.6. The zero-order valence-electron chi connectivity index (χ0n) is 20.0.